The SMILES string of the molecule is NCC(S)(S)c1ccccn1. The van der Waals surface area contributed by atoms with Crippen LogP contribution in [0.4, 0.5) is 0 Å². The number of thiol groups is 2. The summed E-state index contributed by atoms with van der Waals surface area (Å²) in [4.78, 5) is 4.09. The molecule has 2 nitrogen and oxygen atoms in total. The van der Waals surface area contributed by atoms with Crippen LogP contribution in [0.15, 0.2) is 24.4 Å². The zero-order chi connectivity index (χ0) is 8.32. The van der Waals surface area contributed by atoms with Crippen LogP contribution in [0.1, 0.15) is 5.69 Å². The molecule has 0 amide bonds. The van der Waals surface area contributed by atoms with E-state index in [0.29, 0.717) is 6.54 Å². The minimum absolute atomic E-state index is 0.357. The topological polar surface area (TPSA) is 38.9 Å². The van der Waals surface area contributed by atoms with Crippen LogP contribution in [0.3, 0.4) is 0 Å². The molecule has 1 aromatic heterocycles. The zero-order valence-corrected chi connectivity index (χ0v) is 7.72. The lowest BCUT2D eigenvalue weighted by atomic mass is 10.2. The molecule has 0 radical (unpaired) electrons. The predicted molar refractivity (Wildman–Crippen MR) is 52.9 cm³/mol. The van der Waals surface area contributed by atoms with Crippen LogP contribution in [-0.2, 0) is 4.08 Å². The summed E-state index contributed by atoms with van der Waals surface area (Å²) in [5, 5.41) is 0. The van der Waals surface area contributed by atoms with Crippen molar-refractivity contribution in [2.24, 2.45) is 5.73 Å². The van der Waals surface area contributed by atoms with E-state index in [4.69, 9.17) is 5.73 Å². The molecule has 1 rings (SSSR count). The van der Waals surface area contributed by atoms with Crippen LogP contribution in [0, 0.1) is 0 Å². The highest BCUT2D eigenvalue weighted by molar-refractivity contribution is 7.99. The van der Waals surface area contributed by atoms with Gasteiger partial charge in [0.25, 0.3) is 0 Å². The van der Waals surface area contributed by atoms with E-state index in [1.165, 1.54) is 0 Å². The molecule has 0 aromatic carbocycles. The number of rotatable bonds is 2. The molecule has 0 atom stereocenters. The summed E-state index contributed by atoms with van der Waals surface area (Å²) in [5.41, 5.74) is 6.23. The first kappa shape index (κ1) is 8.90. The molecule has 4 heteroatoms. The number of pyridine rings is 1. The second-order valence-corrected chi connectivity index (χ2v) is 4.12. The van der Waals surface area contributed by atoms with Crippen molar-refractivity contribution in [3.8, 4) is 0 Å². The molecule has 0 aliphatic rings. The van der Waals surface area contributed by atoms with Crippen molar-refractivity contribution in [1.82, 2.24) is 4.98 Å². The lowest BCUT2D eigenvalue weighted by Gasteiger charge is -2.18. The Labute approximate surface area is 77.0 Å². The summed E-state index contributed by atoms with van der Waals surface area (Å²) in [5.74, 6) is 0. The number of nitrogens with zero attached hydrogens (tertiary/aromatic N) is 1. The van der Waals surface area contributed by atoms with E-state index in [2.05, 4.69) is 30.2 Å². The van der Waals surface area contributed by atoms with Gasteiger partial charge in [0.05, 0.1) is 5.69 Å². The number of hydrogen-bond donors (Lipinski definition) is 3. The molecule has 0 spiro atoms. The molecule has 0 aliphatic heterocycles. The molecule has 0 aliphatic carbocycles. The average Bonchev–Trinajstić information content (AvgIpc) is 2.06. The summed E-state index contributed by atoms with van der Waals surface area (Å²) in [7, 11) is 0. The standard InChI is InChI=1S/C7H10N2S2/c8-5-7(10,11)6-3-1-2-4-9-6/h1-4,10-11H,5,8H2. The van der Waals surface area contributed by atoms with Gasteiger partial charge in [-0.1, -0.05) is 6.07 Å². The van der Waals surface area contributed by atoms with E-state index in [-0.39, 0.29) is 0 Å². The maximum Gasteiger partial charge on any atom is 0.110 e. The number of hydrogen-bond acceptors (Lipinski definition) is 4. The summed E-state index contributed by atoms with van der Waals surface area (Å²) in [6.07, 6.45) is 1.70. The Bertz CT molecular complexity index is 223. The molecule has 60 valence electrons. The largest absolute Gasteiger partial charge is 0.328 e. The maximum atomic E-state index is 5.45. The van der Waals surface area contributed by atoms with Gasteiger partial charge in [-0.05, 0) is 12.1 Å². The van der Waals surface area contributed by atoms with E-state index >= 15 is 0 Å². The molecule has 0 saturated carbocycles. The quantitative estimate of drug-likeness (QED) is 0.477. The van der Waals surface area contributed by atoms with E-state index in [0.717, 1.165) is 5.69 Å². The third-order valence-corrected chi connectivity index (χ3v) is 2.18. The second-order valence-electron chi connectivity index (χ2n) is 2.24. The van der Waals surface area contributed by atoms with Crippen molar-refractivity contribution < 1.29 is 0 Å². The van der Waals surface area contributed by atoms with Crippen molar-refractivity contribution in [3.63, 3.8) is 0 Å². The van der Waals surface area contributed by atoms with Gasteiger partial charge in [0.15, 0.2) is 0 Å². The van der Waals surface area contributed by atoms with Gasteiger partial charge in [0.2, 0.25) is 0 Å². The highest BCUT2D eigenvalue weighted by Gasteiger charge is 2.21. The van der Waals surface area contributed by atoms with Crippen molar-refractivity contribution >= 4 is 25.3 Å². The zero-order valence-electron chi connectivity index (χ0n) is 5.94. The first-order valence-corrected chi connectivity index (χ1v) is 4.12. The van der Waals surface area contributed by atoms with Crippen molar-refractivity contribution in [1.29, 1.82) is 0 Å². The fourth-order valence-corrected chi connectivity index (χ4v) is 0.969. The number of nitrogens with two attached hydrogens (primary N) is 1. The van der Waals surface area contributed by atoms with E-state index in [1.54, 1.807) is 6.20 Å². The third-order valence-electron chi connectivity index (χ3n) is 1.36. The molecular formula is C7H10N2S2. The molecule has 0 fully saturated rings. The van der Waals surface area contributed by atoms with Gasteiger partial charge in [-0.25, -0.2) is 0 Å². The van der Waals surface area contributed by atoms with Gasteiger partial charge in [-0.2, -0.15) is 25.3 Å². The van der Waals surface area contributed by atoms with E-state index in [9.17, 15) is 0 Å². The third kappa shape index (κ3) is 2.12. The Morgan fingerprint density at radius 3 is 2.64 bits per heavy atom. The summed E-state index contributed by atoms with van der Waals surface area (Å²) < 4.78 is -0.610. The molecule has 0 saturated heterocycles. The van der Waals surface area contributed by atoms with Gasteiger partial charge in [0.1, 0.15) is 4.08 Å². The van der Waals surface area contributed by atoms with E-state index in [1.807, 2.05) is 18.2 Å². The average molecular weight is 186 g/mol. The van der Waals surface area contributed by atoms with E-state index < -0.39 is 4.08 Å². The molecule has 0 unspecified atom stereocenters. The minimum Gasteiger partial charge on any atom is -0.328 e. The van der Waals surface area contributed by atoms with Gasteiger partial charge in [-0.15, -0.1) is 0 Å². The number of aromatic nitrogens is 1. The minimum atomic E-state index is -0.610. The lowest BCUT2D eigenvalue weighted by molar-refractivity contribution is 0.852. The molecule has 1 heterocycles. The monoisotopic (exact) mass is 186 g/mol. The highest BCUT2D eigenvalue weighted by atomic mass is 32.2. The van der Waals surface area contributed by atoms with Crippen LogP contribution < -0.4 is 5.73 Å². The van der Waals surface area contributed by atoms with Gasteiger partial charge >= 0.3 is 0 Å². The van der Waals surface area contributed by atoms with Crippen LogP contribution in [0.5, 0.6) is 0 Å². The fraction of sp³-hybridized carbons (Fsp3) is 0.286. The molecular weight excluding hydrogens is 176 g/mol. The Morgan fingerprint density at radius 1 is 1.45 bits per heavy atom. The Hall–Kier alpha value is -0.190. The van der Waals surface area contributed by atoms with Crippen molar-refractivity contribution in [3.05, 3.63) is 30.1 Å². The van der Waals surface area contributed by atoms with Gasteiger partial charge in [0, 0.05) is 12.7 Å². The van der Waals surface area contributed by atoms with Crippen LogP contribution in [-0.4, -0.2) is 11.5 Å². The normalized spacial score (nSPS) is 11.5. The first-order chi connectivity index (χ1) is 5.17. The lowest BCUT2D eigenvalue weighted by Crippen LogP contribution is -2.23. The highest BCUT2D eigenvalue weighted by Crippen LogP contribution is 2.29. The van der Waals surface area contributed by atoms with Gasteiger partial charge in [-0.3, -0.25) is 4.98 Å². The molecule has 1 aromatic rings. The predicted octanol–water partition coefficient (Wildman–Crippen LogP) is 1.05. The van der Waals surface area contributed by atoms with Crippen LogP contribution in [0.2, 0.25) is 0 Å². The smallest absolute Gasteiger partial charge is 0.110 e. The Morgan fingerprint density at radius 2 is 2.18 bits per heavy atom. The molecule has 0 bridgehead atoms. The van der Waals surface area contributed by atoms with Crippen molar-refractivity contribution in [2.45, 2.75) is 4.08 Å². The summed E-state index contributed by atoms with van der Waals surface area (Å²) >= 11 is 8.51. The van der Waals surface area contributed by atoms with Crippen LogP contribution >= 0.6 is 25.3 Å². The van der Waals surface area contributed by atoms with Crippen molar-refractivity contribution in [2.75, 3.05) is 6.54 Å². The summed E-state index contributed by atoms with van der Waals surface area (Å²) in [6.45, 7) is 0.357. The van der Waals surface area contributed by atoms with Gasteiger partial charge < -0.3 is 5.73 Å². The first-order valence-electron chi connectivity index (χ1n) is 3.23. The molecule has 2 N–H and O–H groups in total. The van der Waals surface area contributed by atoms with Crippen LogP contribution in [0.25, 0.3) is 0 Å². The fourth-order valence-electron chi connectivity index (χ4n) is 0.704. The maximum absolute atomic E-state index is 5.45. The second kappa shape index (κ2) is 3.47. The Balaban J connectivity index is 2.93. The summed E-state index contributed by atoms with van der Waals surface area (Å²) in [6, 6.07) is 5.59. The molecule has 11 heavy (non-hydrogen) atoms. The Kier molecular flexibility index (Phi) is 2.81.